The van der Waals surface area contributed by atoms with E-state index in [1.165, 1.54) is 51.4 Å². The maximum atomic E-state index is 2.86. The van der Waals surface area contributed by atoms with Crippen molar-refractivity contribution in [2.45, 2.75) is 120 Å². The van der Waals surface area contributed by atoms with Gasteiger partial charge in [0.05, 0.1) is 0 Å². The van der Waals surface area contributed by atoms with E-state index >= 15 is 0 Å². The third-order valence-electron chi connectivity index (χ3n) is 15.3. The third kappa shape index (κ3) is 1.72. The van der Waals surface area contributed by atoms with Crippen molar-refractivity contribution in [3.63, 3.8) is 0 Å². The van der Waals surface area contributed by atoms with Crippen molar-refractivity contribution in [1.82, 2.24) is 0 Å². The van der Waals surface area contributed by atoms with Crippen LogP contribution in [-0.4, -0.2) is 0 Å². The third-order valence-corrected chi connectivity index (χ3v) is 15.3. The monoisotopic (exact) mass is 410 g/mol. The normalized spacial score (nSPS) is 61.3. The highest BCUT2D eigenvalue weighted by Gasteiger charge is 2.83. The minimum atomic E-state index is 0.499. The zero-order valence-electron chi connectivity index (χ0n) is 21.8. The zero-order chi connectivity index (χ0) is 21.8. The molecular formula is C30H50. The van der Waals surface area contributed by atoms with Crippen molar-refractivity contribution < 1.29 is 0 Å². The second kappa shape index (κ2) is 5.22. The van der Waals surface area contributed by atoms with Crippen LogP contribution < -0.4 is 0 Å². The first kappa shape index (κ1) is 20.6. The summed E-state index contributed by atoms with van der Waals surface area (Å²) in [6, 6.07) is 0. The van der Waals surface area contributed by atoms with Crippen molar-refractivity contribution in [2.24, 2.45) is 67.5 Å². The molecule has 0 saturated heterocycles. The number of fused-ring (bicyclic) bond motifs is 7. The fourth-order valence-electron chi connectivity index (χ4n) is 13.2. The lowest BCUT2D eigenvalue weighted by Crippen LogP contribution is -2.80. The first-order valence-electron chi connectivity index (χ1n) is 13.7. The number of rotatable bonds is 2. The van der Waals surface area contributed by atoms with Crippen LogP contribution in [0.15, 0.2) is 0 Å². The first-order valence-corrected chi connectivity index (χ1v) is 13.7. The van der Waals surface area contributed by atoms with Crippen LogP contribution in [0.4, 0.5) is 0 Å². The van der Waals surface area contributed by atoms with Gasteiger partial charge in [-0.2, -0.15) is 0 Å². The molecule has 0 N–H and O–H groups in total. The Morgan fingerprint density at radius 1 is 0.533 bits per heavy atom. The molecule has 9 aliphatic rings. The molecule has 0 unspecified atom stereocenters. The van der Waals surface area contributed by atoms with Crippen molar-refractivity contribution in [2.75, 3.05) is 0 Å². The van der Waals surface area contributed by atoms with E-state index in [1.807, 2.05) is 0 Å². The molecule has 6 bridgehead atoms. The molecule has 9 atom stereocenters. The first-order chi connectivity index (χ1) is 13.7. The van der Waals surface area contributed by atoms with Crippen molar-refractivity contribution in [3.05, 3.63) is 0 Å². The van der Waals surface area contributed by atoms with Gasteiger partial charge >= 0.3 is 0 Å². The lowest BCUT2D eigenvalue weighted by atomic mass is 9.17. The molecule has 9 aliphatic carbocycles. The molecule has 0 nitrogen and oxygen atoms in total. The second-order valence-corrected chi connectivity index (χ2v) is 15.9. The van der Waals surface area contributed by atoms with Crippen LogP contribution >= 0.6 is 0 Å². The Balaban J connectivity index is 1.53. The molecule has 170 valence electrons. The summed E-state index contributed by atoms with van der Waals surface area (Å²) in [6.07, 6.45) is 13.7. The van der Waals surface area contributed by atoms with E-state index in [2.05, 4.69) is 62.3 Å². The maximum absolute atomic E-state index is 2.86. The summed E-state index contributed by atoms with van der Waals surface area (Å²) in [5.74, 6) is 4.91. The Morgan fingerprint density at radius 2 is 1.00 bits per heavy atom. The minimum absolute atomic E-state index is 0.499. The SMILES string of the molecule is CC1(C)[C@H]2CC[C@](C)([C@]3(C)CC[C@H]4C[C@@]3([C@]3(C)CC[C@H]5C[C@H]3C5(C)C)C4(C)C)[C@H]1C2. The van der Waals surface area contributed by atoms with Gasteiger partial charge in [0.2, 0.25) is 0 Å². The van der Waals surface area contributed by atoms with Crippen LogP contribution in [0.1, 0.15) is 120 Å². The van der Waals surface area contributed by atoms with Gasteiger partial charge in [-0.1, -0.05) is 62.3 Å². The molecule has 0 aromatic carbocycles. The molecule has 0 aromatic rings. The quantitative estimate of drug-likeness (QED) is 0.427. The summed E-state index contributed by atoms with van der Waals surface area (Å²) in [7, 11) is 0. The van der Waals surface area contributed by atoms with Crippen molar-refractivity contribution in [3.8, 4) is 0 Å². The van der Waals surface area contributed by atoms with Crippen LogP contribution in [0.5, 0.6) is 0 Å². The molecule has 0 aromatic heterocycles. The molecular weight excluding hydrogens is 360 g/mol. The van der Waals surface area contributed by atoms with E-state index in [1.54, 1.807) is 6.42 Å². The van der Waals surface area contributed by atoms with Gasteiger partial charge in [-0.25, -0.2) is 0 Å². The molecule has 0 amide bonds. The van der Waals surface area contributed by atoms with Gasteiger partial charge in [0, 0.05) is 0 Å². The Labute approximate surface area is 187 Å². The van der Waals surface area contributed by atoms with Gasteiger partial charge in [0.1, 0.15) is 0 Å². The van der Waals surface area contributed by atoms with Gasteiger partial charge in [-0.15, -0.1) is 0 Å². The number of hydrogen-bond donors (Lipinski definition) is 0. The van der Waals surface area contributed by atoms with E-state index in [4.69, 9.17) is 0 Å². The Bertz CT molecular complexity index is 782. The molecule has 0 heterocycles. The minimum Gasteiger partial charge on any atom is -0.0594 e. The smallest absolute Gasteiger partial charge is 0.0125 e. The van der Waals surface area contributed by atoms with E-state index in [0.29, 0.717) is 37.9 Å². The summed E-state index contributed by atoms with van der Waals surface area (Å²) in [5, 5.41) is 0. The van der Waals surface area contributed by atoms with Crippen LogP contribution in [0, 0.1) is 67.5 Å². The lowest BCUT2D eigenvalue weighted by molar-refractivity contribution is -0.387. The van der Waals surface area contributed by atoms with Crippen LogP contribution in [0.3, 0.4) is 0 Å². The highest BCUT2D eigenvalue weighted by molar-refractivity contribution is 5.31. The molecule has 9 fully saturated rings. The van der Waals surface area contributed by atoms with E-state index in [-0.39, 0.29) is 0 Å². The van der Waals surface area contributed by atoms with Crippen molar-refractivity contribution in [1.29, 1.82) is 0 Å². The molecule has 0 heteroatoms. The summed E-state index contributed by atoms with van der Waals surface area (Å²) in [5.41, 5.74) is 3.78. The second-order valence-electron chi connectivity index (χ2n) is 15.9. The molecule has 30 heavy (non-hydrogen) atoms. The number of hydrogen-bond acceptors (Lipinski definition) is 0. The highest BCUT2D eigenvalue weighted by Crippen LogP contribution is 2.89. The summed E-state index contributed by atoms with van der Waals surface area (Å²) < 4.78 is 0. The Kier molecular flexibility index (Phi) is 3.58. The van der Waals surface area contributed by atoms with E-state index in [9.17, 15) is 0 Å². The van der Waals surface area contributed by atoms with Gasteiger partial charge in [-0.3, -0.25) is 0 Å². The van der Waals surface area contributed by atoms with E-state index in [0.717, 1.165) is 29.6 Å². The van der Waals surface area contributed by atoms with Gasteiger partial charge < -0.3 is 0 Å². The van der Waals surface area contributed by atoms with Crippen LogP contribution in [0.2, 0.25) is 0 Å². The van der Waals surface area contributed by atoms with Gasteiger partial charge in [0.15, 0.2) is 0 Å². The van der Waals surface area contributed by atoms with Crippen molar-refractivity contribution >= 4 is 0 Å². The maximum Gasteiger partial charge on any atom is -0.0125 e. The highest BCUT2D eigenvalue weighted by atomic mass is 14.9. The van der Waals surface area contributed by atoms with Crippen LogP contribution in [0.25, 0.3) is 0 Å². The average molecular weight is 411 g/mol. The summed E-state index contributed by atoms with van der Waals surface area (Å²) in [6.45, 7) is 24.5. The zero-order valence-corrected chi connectivity index (χ0v) is 21.8. The topological polar surface area (TPSA) is 0 Å². The molecule has 9 rings (SSSR count). The van der Waals surface area contributed by atoms with Gasteiger partial charge in [-0.05, 0) is 125 Å². The fourth-order valence-corrected chi connectivity index (χ4v) is 13.2. The molecule has 0 radical (unpaired) electrons. The molecule has 0 aliphatic heterocycles. The standard InChI is InChI=1S/C30H50/c1-24(2)19-10-13-27(7,22(24)16-19)29(9)15-12-21-18-30(29,26(21,5)6)28(8)14-11-20-17-23(28)25(20,3)4/h19-23H,10-18H2,1-9H3/t19-,20-,21-,22-,23-,27-,28+,29-,30-/m0/s1. The molecule has 0 spiro atoms. The summed E-state index contributed by atoms with van der Waals surface area (Å²) in [4.78, 5) is 0. The predicted octanol–water partition coefficient (Wildman–Crippen LogP) is 8.74. The lowest BCUT2D eigenvalue weighted by Gasteiger charge is -2.87. The van der Waals surface area contributed by atoms with Crippen LogP contribution in [-0.2, 0) is 0 Å². The van der Waals surface area contributed by atoms with E-state index < -0.39 is 0 Å². The summed E-state index contributed by atoms with van der Waals surface area (Å²) >= 11 is 0. The largest absolute Gasteiger partial charge is 0.0594 e. The van der Waals surface area contributed by atoms with Gasteiger partial charge in [0.25, 0.3) is 0 Å². The average Bonchev–Trinajstić information content (AvgIpc) is 2.66. The Morgan fingerprint density at radius 3 is 1.47 bits per heavy atom. The Hall–Kier alpha value is 0. The fraction of sp³-hybridized carbons (Fsp3) is 1.00. The predicted molar refractivity (Wildman–Crippen MR) is 127 cm³/mol. The molecule has 9 saturated carbocycles.